The van der Waals surface area contributed by atoms with Crippen molar-refractivity contribution in [3.8, 4) is 0 Å². The van der Waals surface area contributed by atoms with E-state index in [4.69, 9.17) is 14.2 Å². The van der Waals surface area contributed by atoms with Gasteiger partial charge in [-0.1, -0.05) is 24.3 Å². The summed E-state index contributed by atoms with van der Waals surface area (Å²) in [5.74, 6) is -0.116. The zero-order chi connectivity index (χ0) is 22.1. The molecule has 31 heavy (non-hydrogen) atoms. The van der Waals surface area contributed by atoms with E-state index in [0.29, 0.717) is 32.0 Å². The molecule has 6 nitrogen and oxygen atoms in total. The van der Waals surface area contributed by atoms with Crippen molar-refractivity contribution in [1.82, 2.24) is 4.90 Å². The van der Waals surface area contributed by atoms with Gasteiger partial charge in [0.15, 0.2) is 0 Å². The lowest BCUT2D eigenvalue weighted by molar-refractivity contribution is -0.0704. The molecular formula is C25H34N2O4. The topological polar surface area (TPSA) is 60.0 Å². The van der Waals surface area contributed by atoms with Gasteiger partial charge in [0.05, 0.1) is 32.0 Å². The summed E-state index contributed by atoms with van der Waals surface area (Å²) in [6.07, 6.45) is 0.499. The van der Waals surface area contributed by atoms with Gasteiger partial charge >= 0.3 is 0 Å². The third-order valence-corrected chi connectivity index (χ3v) is 5.15. The van der Waals surface area contributed by atoms with Gasteiger partial charge in [0.2, 0.25) is 0 Å². The van der Waals surface area contributed by atoms with Crippen LogP contribution in [0, 0.1) is 0 Å². The number of nitrogens with zero attached hydrogens (tertiary/aromatic N) is 1. The van der Waals surface area contributed by atoms with Crippen LogP contribution in [0.15, 0.2) is 48.5 Å². The Bertz CT molecular complexity index is 815. The van der Waals surface area contributed by atoms with Gasteiger partial charge < -0.3 is 19.5 Å². The van der Waals surface area contributed by atoms with E-state index in [0.717, 1.165) is 30.9 Å². The SMILES string of the molecule is CCOCCOCc1cccc(NC(=O)c2ccc(CN3CC(C)OC(C)C3)cc2)c1. The minimum absolute atomic E-state index is 0.116. The molecule has 1 amide bonds. The zero-order valence-electron chi connectivity index (χ0n) is 18.8. The fraction of sp³-hybridized carbons (Fsp3) is 0.480. The van der Waals surface area contributed by atoms with Crippen LogP contribution >= 0.6 is 0 Å². The Balaban J connectivity index is 1.50. The highest BCUT2D eigenvalue weighted by Crippen LogP contribution is 2.16. The van der Waals surface area contributed by atoms with E-state index in [-0.39, 0.29) is 18.1 Å². The number of carbonyl (C=O) groups is 1. The Morgan fingerprint density at radius 3 is 2.45 bits per heavy atom. The first-order valence-electron chi connectivity index (χ1n) is 11.1. The standard InChI is InChI=1S/C25H34N2O4/c1-4-29-12-13-30-18-22-6-5-7-24(14-22)26-25(28)23-10-8-21(9-11-23)17-27-15-19(2)31-20(3)16-27/h5-11,14,19-20H,4,12-13,15-18H2,1-3H3,(H,26,28). The molecule has 1 fully saturated rings. The molecule has 168 valence electrons. The molecule has 3 rings (SSSR count). The fourth-order valence-electron chi connectivity index (χ4n) is 3.83. The van der Waals surface area contributed by atoms with Crippen LogP contribution in [0.5, 0.6) is 0 Å². The second kappa shape index (κ2) is 12.0. The summed E-state index contributed by atoms with van der Waals surface area (Å²) < 4.78 is 16.7. The highest BCUT2D eigenvalue weighted by Gasteiger charge is 2.22. The second-order valence-electron chi connectivity index (χ2n) is 8.05. The number of hydrogen-bond donors (Lipinski definition) is 1. The van der Waals surface area contributed by atoms with Crippen LogP contribution in [-0.2, 0) is 27.4 Å². The largest absolute Gasteiger partial charge is 0.379 e. The maximum Gasteiger partial charge on any atom is 0.255 e. The van der Waals surface area contributed by atoms with Crippen LogP contribution in [0.4, 0.5) is 5.69 Å². The van der Waals surface area contributed by atoms with E-state index in [9.17, 15) is 4.79 Å². The first-order chi connectivity index (χ1) is 15.0. The van der Waals surface area contributed by atoms with E-state index in [1.54, 1.807) is 0 Å². The molecule has 1 heterocycles. The van der Waals surface area contributed by atoms with E-state index in [2.05, 4.69) is 24.1 Å². The number of anilines is 1. The third kappa shape index (κ3) is 7.74. The van der Waals surface area contributed by atoms with Crippen LogP contribution < -0.4 is 5.32 Å². The first-order valence-corrected chi connectivity index (χ1v) is 11.1. The molecule has 2 aromatic carbocycles. The van der Waals surface area contributed by atoms with Gasteiger partial charge in [-0.25, -0.2) is 0 Å². The number of morpholine rings is 1. The lowest BCUT2D eigenvalue weighted by atomic mass is 10.1. The Morgan fingerprint density at radius 1 is 1.03 bits per heavy atom. The van der Waals surface area contributed by atoms with Gasteiger partial charge in [0.25, 0.3) is 5.91 Å². The predicted molar refractivity (Wildman–Crippen MR) is 122 cm³/mol. The number of benzene rings is 2. The minimum Gasteiger partial charge on any atom is -0.379 e. The monoisotopic (exact) mass is 426 g/mol. The van der Waals surface area contributed by atoms with Crippen molar-refractivity contribution < 1.29 is 19.0 Å². The molecule has 1 saturated heterocycles. The van der Waals surface area contributed by atoms with Gasteiger partial charge in [-0.3, -0.25) is 9.69 Å². The quantitative estimate of drug-likeness (QED) is 0.580. The number of nitrogens with one attached hydrogen (secondary N) is 1. The average molecular weight is 427 g/mol. The van der Waals surface area contributed by atoms with E-state index < -0.39 is 0 Å². The molecule has 0 spiro atoms. The van der Waals surface area contributed by atoms with Crippen LogP contribution in [0.1, 0.15) is 42.3 Å². The number of rotatable bonds is 10. The Labute approximate surface area is 185 Å². The summed E-state index contributed by atoms with van der Waals surface area (Å²) in [4.78, 5) is 15.1. The van der Waals surface area contributed by atoms with Crippen molar-refractivity contribution in [3.05, 3.63) is 65.2 Å². The van der Waals surface area contributed by atoms with Crippen molar-refractivity contribution in [2.24, 2.45) is 0 Å². The van der Waals surface area contributed by atoms with Crippen molar-refractivity contribution in [1.29, 1.82) is 0 Å². The van der Waals surface area contributed by atoms with Gasteiger partial charge in [-0.05, 0) is 56.2 Å². The molecule has 2 unspecified atom stereocenters. The molecular weight excluding hydrogens is 392 g/mol. The van der Waals surface area contributed by atoms with Crippen molar-refractivity contribution in [2.75, 3.05) is 38.2 Å². The number of ether oxygens (including phenoxy) is 3. The van der Waals surface area contributed by atoms with Gasteiger partial charge in [-0.2, -0.15) is 0 Å². The summed E-state index contributed by atoms with van der Waals surface area (Å²) in [5, 5.41) is 2.98. The lowest BCUT2D eigenvalue weighted by Gasteiger charge is -2.35. The van der Waals surface area contributed by atoms with Crippen LogP contribution in [0.3, 0.4) is 0 Å². The van der Waals surface area contributed by atoms with E-state index >= 15 is 0 Å². The lowest BCUT2D eigenvalue weighted by Crippen LogP contribution is -2.44. The Hall–Kier alpha value is -2.25. The summed E-state index contributed by atoms with van der Waals surface area (Å²) in [7, 11) is 0. The van der Waals surface area contributed by atoms with Crippen LogP contribution in [0.2, 0.25) is 0 Å². The average Bonchev–Trinajstić information content (AvgIpc) is 2.74. The van der Waals surface area contributed by atoms with E-state index in [1.807, 2.05) is 55.5 Å². The van der Waals surface area contributed by atoms with Crippen LogP contribution in [0.25, 0.3) is 0 Å². The van der Waals surface area contributed by atoms with Crippen LogP contribution in [-0.4, -0.2) is 55.9 Å². The van der Waals surface area contributed by atoms with Crippen molar-refractivity contribution in [2.45, 2.75) is 46.1 Å². The smallest absolute Gasteiger partial charge is 0.255 e. The molecule has 1 aliphatic rings. The molecule has 1 aliphatic heterocycles. The third-order valence-electron chi connectivity index (χ3n) is 5.15. The van der Waals surface area contributed by atoms with E-state index in [1.165, 1.54) is 5.56 Å². The fourth-order valence-corrected chi connectivity index (χ4v) is 3.83. The zero-order valence-corrected chi connectivity index (χ0v) is 18.8. The molecule has 0 bridgehead atoms. The second-order valence-corrected chi connectivity index (χ2v) is 8.05. The first kappa shape index (κ1) is 23.4. The highest BCUT2D eigenvalue weighted by molar-refractivity contribution is 6.04. The van der Waals surface area contributed by atoms with Gasteiger partial charge in [0.1, 0.15) is 0 Å². The van der Waals surface area contributed by atoms with Gasteiger partial charge in [-0.15, -0.1) is 0 Å². The summed E-state index contributed by atoms with van der Waals surface area (Å²) in [6, 6.07) is 15.6. The molecule has 2 aromatic rings. The molecule has 1 N–H and O–H groups in total. The Morgan fingerprint density at radius 2 is 1.74 bits per heavy atom. The molecule has 2 atom stereocenters. The van der Waals surface area contributed by atoms with Crippen molar-refractivity contribution in [3.63, 3.8) is 0 Å². The minimum atomic E-state index is -0.116. The molecule has 0 radical (unpaired) electrons. The van der Waals surface area contributed by atoms with Gasteiger partial charge in [0, 0.05) is 37.5 Å². The van der Waals surface area contributed by atoms with Crippen molar-refractivity contribution >= 4 is 11.6 Å². The summed E-state index contributed by atoms with van der Waals surface area (Å²) in [6.45, 7) is 11.2. The Kier molecular flexibility index (Phi) is 9.03. The summed E-state index contributed by atoms with van der Waals surface area (Å²) in [5.41, 5.74) is 3.62. The molecule has 6 heteroatoms. The predicted octanol–water partition coefficient (Wildman–Crippen LogP) is 4.10. The number of carbonyl (C=O) groups excluding carboxylic acids is 1. The molecule has 0 saturated carbocycles. The maximum absolute atomic E-state index is 12.7. The number of hydrogen-bond acceptors (Lipinski definition) is 5. The number of amides is 1. The summed E-state index contributed by atoms with van der Waals surface area (Å²) >= 11 is 0. The normalized spacial score (nSPS) is 19.3. The highest BCUT2D eigenvalue weighted by atomic mass is 16.5. The maximum atomic E-state index is 12.7. The molecule has 0 aliphatic carbocycles. The molecule has 0 aromatic heterocycles.